The summed E-state index contributed by atoms with van der Waals surface area (Å²) in [5, 5.41) is 0. The Morgan fingerprint density at radius 1 is 1.26 bits per heavy atom. The van der Waals surface area contributed by atoms with Crippen LogP contribution in [0, 0.1) is 17.7 Å². The Morgan fingerprint density at radius 3 is 2.79 bits per heavy atom. The molecule has 0 amide bonds. The average Bonchev–Trinajstić information content (AvgIpc) is 3.18. The van der Waals surface area contributed by atoms with Gasteiger partial charge in [-0.3, -0.25) is 0 Å². The molecule has 2 atom stereocenters. The number of rotatable bonds is 3. The fraction of sp³-hybridized carbons (Fsp3) is 0.625. The summed E-state index contributed by atoms with van der Waals surface area (Å²) >= 11 is 3.42. The second-order valence-electron chi connectivity index (χ2n) is 6.47. The summed E-state index contributed by atoms with van der Waals surface area (Å²) in [5.74, 6) is 1.58. The first-order valence-corrected chi connectivity index (χ1v) is 8.08. The molecule has 0 heterocycles. The molecule has 104 valence electrons. The molecule has 0 bridgehead atoms. The second kappa shape index (κ2) is 5.17. The first-order chi connectivity index (χ1) is 9.06. The van der Waals surface area contributed by atoms with E-state index in [2.05, 4.69) is 15.9 Å². The zero-order chi connectivity index (χ0) is 13.5. The maximum atomic E-state index is 13.9. The average molecular weight is 326 g/mol. The standard InChI is InChI=1S/C16H21BrFN/c17-14-5-6-15(18)13(8-14)10-16(19)7-1-2-12(9-16)11-3-4-11/h5-6,8,11-12H,1-4,7,9-10,19H2. The molecule has 0 saturated heterocycles. The zero-order valence-electron chi connectivity index (χ0n) is 11.2. The van der Waals surface area contributed by atoms with Crippen LogP contribution >= 0.6 is 15.9 Å². The van der Waals surface area contributed by atoms with Gasteiger partial charge in [-0.2, -0.15) is 0 Å². The van der Waals surface area contributed by atoms with Crippen LogP contribution in [0.15, 0.2) is 22.7 Å². The van der Waals surface area contributed by atoms with Crippen molar-refractivity contribution >= 4 is 15.9 Å². The predicted molar refractivity (Wildman–Crippen MR) is 79.4 cm³/mol. The summed E-state index contributed by atoms with van der Waals surface area (Å²) < 4.78 is 14.8. The Hall–Kier alpha value is -0.410. The van der Waals surface area contributed by atoms with Crippen LogP contribution in [-0.4, -0.2) is 5.54 Å². The third-order valence-corrected chi connectivity index (χ3v) is 5.25. The lowest BCUT2D eigenvalue weighted by Gasteiger charge is -2.38. The van der Waals surface area contributed by atoms with E-state index in [1.807, 2.05) is 6.07 Å². The summed E-state index contributed by atoms with van der Waals surface area (Å²) in [6.07, 6.45) is 8.06. The Labute approximate surface area is 122 Å². The lowest BCUT2D eigenvalue weighted by Crippen LogP contribution is -2.46. The van der Waals surface area contributed by atoms with Crippen LogP contribution in [0.1, 0.15) is 44.1 Å². The quantitative estimate of drug-likeness (QED) is 0.874. The summed E-state index contributed by atoms with van der Waals surface area (Å²) in [6, 6.07) is 5.16. The number of benzene rings is 1. The van der Waals surface area contributed by atoms with Crippen LogP contribution < -0.4 is 5.73 Å². The van der Waals surface area contributed by atoms with Crippen LogP contribution in [0.2, 0.25) is 0 Å². The van der Waals surface area contributed by atoms with E-state index in [4.69, 9.17) is 5.73 Å². The highest BCUT2D eigenvalue weighted by molar-refractivity contribution is 9.10. The van der Waals surface area contributed by atoms with E-state index < -0.39 is 0 Å². The molecule has 1 aromatic rings. The molecule has 2 aliphatic rings. The highest BCUT2D eigenvalue weighted by Gasteiger charge is 2.40. The molecule has 3 rings (SSSR count). The first-order valence-electron chi connectivity index (χ1n) is 7.29. The van der Waals surface area contributed by atoms with Gasteiger partial charge >= 0.3 is 0 Å². The molecule has 1 nitrogen and oxygen atoms in total. The van der Waals surface area contributed by atoms with E-state index in [-0.39, 0.29) is 11.4 Å². The van der Waals surface area contributed by atoms with Gasteiger partial charge in [-0.25, -0.2) is 4.39 Å². The second-order valence-corrected chi connectivity index (χ2v) is 7.38. The fourth-order valence-electron chi connectivity index (χ4n) is 3.63. The van der Waals surface area contributed by atoms with Crippen LogP contribution in [0.4, 0.5) is 4.39 Å². The van der Waals surface area contributed by atoms with Crippen molar-refractivity contribution in [3.8, 4) is 0 Å². The van der Waals surface area contributed by atoms with Crippen molar-refractivity contribution in [1.29, 1.82) is 0 Å². The van der Waals surface area contributed by atoms with Crippen molar-refractivity contribution in [2.24, 2.45) is 17.6 Å². The molecular weight excluding hydrogens is 305 g/mol. The Balaban J connectivity index is 1.74. The minimum atomic E-state index is -0.201. The van der Waals surface area contributed by atoms with Crippen LogP contribution in [0.25, 0.3) is 0 Å². The van der Waals surface area contributed by atoms with E-state index >= 15 is 0 Å². The van der Waals surface area contributed by atoms with Gasteiger partial charge in [0.05, 0.1) is 0 Å². The van der Waals surface area contributed by atoms with E-state index in [9.17, 15) is 4.39 Å². The minimum Gasteiger partial charge on any atom is -0.325 e. The van der Waals surface area contributed by atoms with E-state index in [0.29, 0.717) is 6.42 Å². The molecule has 0 aromatic heterocycles. The van der Waals surface area contributed by atoms with E-state index in [0.717, 1.165) is 34.7 Å². The monoisotopic (exact) mass is 325 g/mol. The molecule has 2 unspecified atom stereocenters. The molecule has 19 heavy (non-hydrogen) atoms. The van der Waals surface area contributed by atoms with Crippen molar-refractivity contribution in [1.82, 2.24) is 0 Å². The van der Waals surface area contributed by atoms with Crippen molar-refractivity contribution in [3.05, 3.63) is 34.1 Å². The fourth-order valence-corrected chi connectivity index (χ4v) is 4.04. The maximum Gasteiger partial charge on any atom is 0.126 e. The summed E-state index contributed by atoms with van der Waals surface area (Å²) in [7, 11) is 0. The summed E-state index contributed by atoms with van der Waals surface area (Å²) in [6.45, 7) is 0. The normalized spacial score (nSPS) is 31.4. The number of halogens is 2. The smallest absolute Gasteiger partial charge is 0.126 e. The third-order valence-electron chi connectivity index (χ3n) is 4.76. The van der Waals surface area contributed by atoms with Crippen molar-refractivity contribution in [2.75, 3.05) is 0 Å². The molecule has 2 fully saturated rings. The Morgan fingerprint density at radius 2 is 2.05 bits per heavy atom. The highest BCUT2D eigenvalue weighted by atomic mass is 79.9. The molecule has 0 aliphatic heterocycles. The summed E-state index contributed by atoms with van der Waals surface area (Å²) in [5.41, 5.74) is 7.14. The Kier molecular flexibility index (Phi) is 3.69. The van der Waals surface area contributed by atoms with Gasteiger partial charge in [0.25, 0.3) is 0 Å². The molecule has 2 aliphatic carbocycles. The zero-order valence-corrected chi connectivity index (χ0v) is 12.8. The lowest BCUT2D eigenvalue weighted by molar-refractivity contribution is 0.203. The van der Waals surface area contributed by atoms with E-state index in [1.54, 1.807) is 6.07 Å². The summed E-state index contributed by atoms with van der Waals surface area (Å²) in [4.78, 5) is 0. The molecule has 3 heteroatoms. The number of hydrogen-bond acceptors (Lipinski definition) is 1. The molecule has 2 saturated carbocycles. The van der Waals surface area contributed by atoms with Gasteiger partial charge < -0.3 is 5.73 Å². The largest absolute Gasteiger partial charge is 0.325 e. The van der Waals surface area contributed by atoms with Crippen LogP contribution in [0.3, 0.4) is 0 Å². The van der Waals surface area contributed by atoms with Gasteiger partial charge in [0.2, 0.25) is 0 Å². The predicted octanol–water partition coefficient (Wildman–Crippen LogP) is 4.43. The van der Waals surface area contributed by atoms with Gasteiger partial charge in [0, 0.05) is 10.0 Å². The molecule has 0 spiro atoms. The Bertz CT molecular complexity index is 472. The van der Waals surface area contributed by atoms with Crippen molar-refractivity contribution in [2.45, 2.75) is 50.5 Å². The van der Waals surface area contributed by atoms with Crippen molar-refractivity contribution in [3.63, 3.8) is 0 Å². The van der Waals surface area contributed by atoms with Crippen LogP contribution in [0.5, 0.6) is 0 Å². The van der Waals surface area contributed by atoms with Gasteiger partial charge in [0.1, 0.15) is 5.82 Å². The number of hydrogen-bond donors (Lipinski definition) is 1. The van der Waals surface area contributed by atoms with Crippen molar-refractivity contribution < 1.29 is 4.39 Å². The van der Waals surface area contributed by atoms with Crippen LogP contribution in [-0.2, 0) is 6.42 Å². The maximum absolute atomic E-state index is 13.9. The highest BCUT2D eigenvalue weighted by Crippen LogP contribution is 2.46. The molecule has 2 N–H and O–H groups in total. The van der Waals surface area contributed by atoms with E-state index in [1.165, 1.54) is 31.7 Å². The van der Waals surface area contributed by atoms with Gasteiger partial charge in [-0.05, 0) is 67.7 Å². The molecular formula is C16H21BrFN. The molecule has 0 radical (unpaired) electrons. The van der Waals surface area contributed by atoms with Gasteiger partial charge in [0.15, 0.2) is 0 Å². The van der Waals surface area contributed by atoms with Gasteiger partial charge in [-0.1, -0.05) is 28.8 Å². The lowest BCUT2D eigenvalue weighted by atomic mass is 9.72. The SMILES string of the molecule is NC1(Cc2cc(Br)ccc2F)CCCC(C2CC2)C1. The first kappa shape index (κ1) is 13.6. The topological polar surface area (TPSA) is 26.0 Å². The van der Waals surface area contributed by atoms with Gasteiger partial charge in [-0.15, -0.1) is 0 Å². The number of nitrogens with two attached hydrogens (primary N) is 1. The molecule has 1 aromatic carbocycles. The minimum absolute atomic E-state index is 0.124. The third kappa shape index (κ3) is 3.19.